The molecule has 0 saturated carbocycles. The summed E-state index contributed by atoms with van der Waals surface area (Å²) in [6.07, 6.45) is 0.581. The van der Waals surface area contributed by atoms with Gasteiger partial charge in [0.25, 0.3) is 0 Å². The van der Waals surface area contributed by atoms with Gasteiger partial charge < -0.3 is 0 Å². The maximum absolute atomic E-state index is 9.73. The van der Waals surface area contributed by atoms with Crippen LogP contribution in [0.1, 0.15) is 6.92 Å². The van der Waals surface area contributed by atoms with Crippen LogP contribution in [0.4, 0.5) is 0 Å². The van der Waals surface area contributed by atoms with Crippen LogP contribution in [0.25, 0.3) is 0 Å². The molecule has 47 valence electrons. The Hall–Kier alpha value is -0.570. The SMILES string of the molecule is CC([N]C=O)N(C)C. The van der Waals surface area contributed by atoms with Crippen molar-refractivity contribution in [2.75, 3.05) is 14.1 Å². The van der Waals surface area contributed by atoms with Crippen molar-refractivity contribution in [2.45, 2.75) is 13.1 Å². The molecule has 0 aromatic heterocycles. The molecule has 0 heterocycles. The fourth-order valence-corrected chi connectivity index (χ4v) is 0.221. The molecule has 0 aliphatic carbocycles. The van der Waals surface area contributed by atoms with Gasteiger partial charge in [0.2, 0.25) is 6.41 Å². The maximum Gasteiger partial charge on any atom is 0.229 e. The van der Waals surface area contributed by atoms with E-state index < -0.39 is 0 Å². The Labute approximate surface area is 49.7 Å². The van der Waals surface area contributed by atoms with E-state index in [4.69, 9.17) is 0 Å². The molecule has 8 heavy (non-hydrogen) atoms. The van der Waals surface area contributed by atoms with Gasteiger partial charge in [0.15, 0.2) is 0 Å². The normalized spacial score (nSPS) is 13.5. The number of amides is 1. The highest BCUT2D eigenvalue weighted by atomic mass is 16.1. The standard InChI is InChI=1S/C5H11N2O/c1-5(6-4-8)7(2)3/h4-5H,1-3H3. The molecule has 0 aromatic carbocycles. The molecule has 3 heteroatoms. The van der Waals surface area contributed by atoms with Gasteiger partial charge in [-0.25, -0.2) is 5.32 Å². The summed E-state index contributed by atoms with van der Waals surface area (Å²) in [6, 6.07) is 0. The molecule has 1 atom stereocenters. The molecule has 0 aliphatic rings. The Morgan fingerprint density at radius 2 is 2.12 bits per heavy atom. The first kappa shape index (κ1) is 7.43. The first-order chi connectivity index (χ1) is 3.68. The molecule has 0 spiro atoms. The smallest absolute Gasteiger partial charge is 0.229 e. The van der Waals surface area contributed by atoms with Crippen LogP contribution < -0.4 is 5.32 Å². The van der Waals surface area contributed by atoms with Crippen molar-refractivity contribution in [3.05, 3.63) is 0 Å². The zero-order valence-corrected chi connectivity index (χ0v) is 5.46. The van der Waals surface area contributed by atoms with Crippen molar-refractivity contribution in [3.8, 4) is 0 Å². The molecule has 0 rings (SSSR count). The number of nitrogens with zero attached hydrogens (tertiary/aromatic N) is 2. The maximum atomic E-state index is 9.73. The molecule has 0 saturated heterocycles. The summed E-state index contributed by atoms with van der Waals surface area (Å²) in [5.41, 5.74) is 0. The predicted octanol–water partition coefficient (Wildman–Crippen LogP) is -0.345. The molecule has 0 fully saturated rings. The summed E-state index contributed by atoms with van der Waals surface area (Å²) in [7, 11) is 3.75. The molecule has 3 nitrogen and oxygen atoms in total. The molecular formula is C5H11N2O. The van der Waals surface area contributed by atoms with Crippen LogP contribution in [0.2, 0.25) is 0 Å². The van der Waals surface area contributed by atoms with Crippen LogP contribution in [0, 0.1) is 0 Å². The Kier molecular flexibility index (Phi) is 3.19. The van der Waals surface area contributed by atoms with Crippen LogP contribution in [-0.2, 0) is 4.79 Å². The lowest BCUT2D eigenvalue weighted by molar-refractivity contribution is -0.111. The molecule has 1 amide bonds. The van der Waals surface area contributed by atoms with Crippen LogP contribution >= 0.6 is 0 Å². The fraction of sp³-hybridized carbons (Fsp3) is 0.800. The van der Waals surface area contributed by atoms with Gasteiger partial charge in [0.05, 0.1) is 0 Å². The molecule has 1 unspecified atom stereocenters. The van der Waals surface area contributed by atoms with E-state index in [0.717, 1.165) is 0 Å². The van der Waals surface area contributed by atoms with Crippen molar-refractivity contribution in [2.24, 2.45) is 0 Å². The van der Waals surface area contributed by atoms with Crippen molar-refractivity contribution in [1.82, 2.24) is 10.2 Å². The van der Waals surface area contributed by atoms with E-state index in [9.17, 15) is 4.79 Å². The minimum absolute atomic E-state index is 0.00694. The fourth-order valence-electron chi connectivity index (χ4n) is 0.221. The first-order valence-corrected chi connectivity index (χ1v) is 2.48. The average Bonchev–Trinajstić information content (AvgIpc) is 1.67. The summed E-state index contributed by atoms with van der Waals surface area (Å²) in [5, 5.41) is 3.57. The minimum atomic E-state index is 0.00694. The Balaban J connectivity index is 3.30. The topological polar surface area (TPSA) is 34.4 Å². The quantitative estimate of drug-likeness (QED) is 0.471. The molecule has 1 radical (unpaired) electrons. The van der Waals surface area contributed by atoms with Crippen LogP contribution in [0.5, 0.6) is 0 Å². The predicted molar refractivity (Wildman–Crippen MR) is 31.3 cm³/mol. The second-order valence-corrected chi connectivity index (χ2v) is 1.85. The van der Waals surface area contributed by atoms with Crippen molar-refractivity contribution < 1.29 is 4.79 Å². The zero-order chi connectivity index (χ0) is 6.57. The average molecular weight is 115 g/mol. The minimum Gasteiger partial charge on any atom is -0.288 e. The van der Waals surface area contributed by atoms with Crippen LogP contribution in [0.3, 0.4) is 0 Å². The van der Waals surface area contributed by atoms with Crippen molar-refractivity contribution >= 4 is 6.41 Å². The second-order valence-electron chi connectivity index (χ2n) is 1.85. The van der Waals surface area contributed by atoms with Gasteiger partial charge in [-0.1, -0.05) is 0 Å². The highest BCUT2D eigenvalue weighted by Gasteiger charge is 2.00. The lowest BCUT2D eigenvalue weighted by Crippen LogP contribution is -2.32. The number of hydrogen-bond donors (Lipinski definition) is 0. The van der Waals surface area contributed by atoms with E-state index in [1.807, 2.05) is 25.9 Å². The van der Waals surface area contributed by atoms with E-state index >= 15 is 0 Å². The Morgan fingerprint density at radius 3 is 2.25 bits per heavy atom. The van der Waals surface area contributed by atoms with Crippen LogP contribution in [0.15, 0.2) is 0 Å². The summed E-state index contributed by atoms with van der Waals surface area (Å²) in [5.74, 6) is 0. The van der Waals surface area contributed by atoms with Gasteiger partial charge >= 0.3 is 0 Å². The van der Waals surface area contributed by atoms with Crippen molar-refractivity contribution in [3.63, 3.8) is 0 Å². The Morgan fingerprint density at radius 1 is 1.62 bits per heavy atom. The summed E-state index contributed by atoms with van der Waals surface area (Å²) >= 11 is 0. The number of rotatable bonds is 3. The van der Waals surface area contributed by atoms with Gasteiger partial charge in [-0.05, 0) is 21.0 Å². The largest absolute Gasteiger partial charge is 0.288 e. The van der Waals surface area contributed by atoms with E-state index in [2.05, 4.69) is 5.32 Å². The van der Waals surface area contributed by atoms with E-state index in [1.165, 1.54) is 0 Å². The van der Waals surface area contributed by atoms with Crippen molar-refractivity contribution in [1.29, 1.82) is 0 Å². The Bertz CT molecular complexity index is 72.8. The second kappa shape index (κ2) is 3.43. The number of carbonyl (C=O) groups excluding carboxylic acids is 1. The monoisotopic (exact) mass is 115 g/mol. The molecular weight excluding hydrogens is 104 g/mol. The summed E-state index contributed by atoms with van der Waals surface area (Å²) in [6.45, 7) is 1.86. The van der Waals surface area contributed by atoms with Gasteiger partial charge in [0.1, 0.15) is 6.17 Å². The highest BCUT2D eigenvalue weighted by Crippen LogP contribution is 1.83. The third-order valence-electron chi connectivity index (χ3n) is 1.02. The molecule has 0 aliphatic heterocycles. The van der Waals surface area contributed by atoms with E-state index in [0.29, 0.717) is 6.41 Å². The van der Waals surface area contributed by atoms with Gasteiger partial charge in [-0.15, -0.1) is 0 Å². The lowest BCUT2D eigenvalue weighted by atomic mass is 10.5. The first-order valence-electron chi connectivity index (χ1n) is 2.48. The third-order valence-corrected chi connectivity index (χ3v) is 1.02. The third kappa shape index (κ3) is 2.58. The number of carbonyl (C=O) groups is 1. The van der Waals surface area contributed by atoms with E-state index in [1.54, 1.807) is 0 Å². The summed E-state index contributed by atoms with van der Waals surface area (Å²) in [4.78, 5) is 11.6. The zero-order valence-electron chi connectivity index (χ0n) is 5.46. The van der Waals surface area contributed by atoms with Gasteiger partial charge in [0, 0.05) is 0 Å². The van der Waals surface area contributed by atoms with Gasteiger partial charge in [-0.2, -0.15) is 0 Å². The summed E-state index contributed by atoms with van der Waals surface area (Å²) < 4.78 is 0. The van der Waals surface area contributed by atoms with Gasteiger partial charge in [-0.3, -0.25) is 9.69 Å². The lowest BCUT2D eigenvalue weighted by Gasteiger charge is -2.15. The number of hydrogen-bond acceptors (Lipinski definition) is 2. The molecule has 0 bridgehead atoms. The molecule has 0 aromatic rings. The van der Waals surface area contributed by atoms with Crippen LogP contribution in [-0.4, -0.2) is 31.6 Å². The highest BCUT2D eigenvalue weighted by molar-refractivity contribution is 5.45. The van der Waals surface area contributed by atoms with E-state index in [-0.39, 0.29) is 6.17 Å². The molecule has 0 N–H and O–H groups in total.